The fourth-order valence-electron chi connectivity index (χ4n) is 3.63. The van der Waals surface area contributed by atoms with Gasteiger partial charge in [0.1, 0.15) is 0 Å². The van der Waals surface area contributed by atoms with E-state index in [2.05, 4.69) is 13.0 Å². The molecule has 0 saturated heterocycles. The van der Waals surface area contributed by atoms with Gasteiger partial charge in [0, 0.05) is 0 Å². The average molecular weight is 277 g/mol. The van der Waals surface area contributed by atoms with Gasteiger partial charge >= 0.3 is 0 Å². The van der Waals surface area contributed by atoms with Crippen molar-refractivity contribution in [3.63, 3.8) is 0 Å². The lowest BCUT2D eigenvalue weighted by Crippen LogP contribution is -2.35. The topological polar surface area (TPSA) is 37.4 Å². The van der Waals surface area contributed by atoms with Crippen molar-refractivity contribution in [3.8, 4) is 0 Å². The van der Waals surface area contributed by atoms with Crippen LogP contribution in [0.2, 0.25) is 0 Å². The molecular formula is C18H15NO2. The standard InChI is InChI=1S/C18H15NO2/c1-11-10-12-6-2-3-7-13(12)16(11)19-17(20)14-8-4-5-9-15(14)18(19)21/h2-9,11,16H,10H2,1H3/t11?,16-/m1/s1. The van der Waals surface area contributed by atoms with Crippen LogP contribution in [-0.4, -0.2) is 16.7 Å². The molecule has 21 heavy (non-hydrogen) atoms. The molecule has 104 valence electrons. The summed E-state index contributed by atoms with van der Waals surface area (Å²) in [6, 6.07) is 15.0. The highest BCUT2D eigenvalue weighted by atomic mass is 16.2. The van der Waals surface area contributed by atoms with E-state index in [1.807, 2.05) is 18.2 Å². The molecule has 2 amide bonds. The molecule has 0 fully saturated rings. The minimum Gasteiger partial charge on any atom is -0.269 e. The van der Waals surface area contributed by atoms with E-state index in [1.165, 1.54) is 10.5 Å². The Morgan fingerprint density at radius 2 is 1.48 bits per heavy atom. The Bertz CT molecular complexity index is 730. The number of fused-ring (bicyclic) bond motifs is 2. The van der Waals surface area contributed by atoms with E-state index in [9.17, 15) is 9.59 Å². The van der Waals surface area contributed by atoms with Gasteiger partial charge in [-0.15, -0.1) is 0 Å². The number of imide groups is 1. The third kappa shape index (κ3) is 1.60. The van der Waals surface area contributed by atoms with Crippen molar-refractivity contribution in [3.05, 3.63) is 70.8 Å². The van der Waals surface area contributed by atoms with Crippen molar-refractivity contribution >= 4 is 11.8 Å². The molecule has 0 bridgehead atoms. The van der Waals surface area contributed by atoms with E-state index in [4.69, 9.17) is 0 Å². The maximum atomic E-state index is 12.7. The Morgan fingerprint density at radius 1 is 0.905 bits per heavy atom. The fourth-order valence-corrected chi connectivity index (χ4v) is 3.63. The SMILES string of the molecule is CC1Cc2ccccc2[C@@H]1N1C(=O)c2ccccc2C1=O. The predicted octanol–water partition coefficient (Wildman–Crippen LogP) is 3.22. The van der Waals surface area contributed by atoms with Crippen LogP contribution in [0.25, 0.3) is 0 Å². The first-order valence-electron chi connectivity index (χ1n) is 7.23. The molecule has 3 heteroatoms. The summed E-state index contributed by atoms with van der Waals surface area (Å²) in [6.45, 7) is 2.11. The number of rotatable bonds is 1. The molecule has 0 saturated carbocycles. The largest absolute Gasteiger partial charge is 0.269 e. The van der Waals surface area contributed by atoms with E-state index in [0.29, 0.717) is 11.1 Å². The maximum Gasteiger partial charge on any atom is 0.262 e. The first-order chi connectivity index (χ1) is 10.2. The van der Waals surface area contributed by atoms with Crippen LogP contribution in [-0.2, 0) is 6.42 Å². The monoisotopic (exact) mass is 277 g/mol. The molecule has 1 aliphatic carbocycles. The van der Waals surface area contributed by atoms with Crippen LogP contribution in [0, 0.1) is 5.92 Å². The maximum absolute atomic E-state index is 12.7. The number of carbonyl (C=O) groups is 2. The first kappa shape index (κ1) is 12.3. The van der Waals surface area contributed by atoms with Crippen LogP contribution in [0.15, 0.2) is 48.5 Å². The Hall–Kier alpha value is -2.42. The summed E-state index contributed by atoms with van der Waals surface area (Å²) in [6.07, 6.45) is 0.911. The van der Waals surface area contributed by atoms with E-state index in [1.54, 1.807) is 24.3 Å². The molecule has 4 rings (SSSR count). The van der Waals surface area contributed by atoms with Gasteiger partial charge in [-0.3, -0.25) is 14.5 Å². The minimum atomic E-state index is -0.163. The molecule has 2 atom stereocenters. The van der Waals surface area contributed by atoms with Crippen molar-refractivity contribution < 1.29 is 9.59 Å². The molecule has 2 aromatic rings. The zero-order chi connectivity index (χ0) is 14.6. The van der Waals surface area contributed by atoms with Crippen molar-refractivity contribution in [1.82, 2.24) is 4.90 Å². The van der Waals surface area contributed by atoms with Gasteiger partial charge in [-0.1, -0.05) is 43.3 Å². The fraction of sp³-hybridized carbons (Fsp3) is 0.222. The number of nitrogens with zero attached hydrogens (tertiary/aromatic N) is 1. The molecule has 2 aromatic carbocycles. The Labute approximate surface area is 123 Å². The van der Waals surface area contributed by atoms with Gasteiger partial charge < -0.3 is 0 Å². The van der Waals surface area contributed by atoms with Crippen LogP contribution in [0.4, 0.5) is 0 Å². The second-order valence-corrected chi connectivity index (χ2v) is 5.85. The van der Waals surface area contributed by atoms with Crippen molar-refractivity contribution in [2.45, 2.75) is 19.4 Å². The summed E-state index contributed by atoms with van der Waals surface area (Å²) in [5.41, 5.74) is 3.41. The van der Waals surface area contributed by atoms with Gasteiger partial charge in [0.2, 0.25) is 0 Å². The van der Waals surface area contributed by atoms with Crippen LogP contribution in [0.3, 0.4) is 0 Å². The van der Waals surface area contributed by atoms with Gasteiger partial charge in [-0.05, 0) is 35.6 Å². The van der Waals surface area contributed by atoms with Gasteiger partial charge in [0.25, 0.3) is 11.8 Å². The lowest BCUT2D eigenvalue weighted by Gasteiger charge is -2.26. The third-order valence-electron chi connectivity index (χ3n) is 4.56. The lowest BCUT2D eigenvalue weighted by molar-refractivity contribution is 0.0545. The quantitative estimate of drug-likeness (QED) is 0.751. The summed E-state index contributed by atoms with van der Waals surface area (Å²) in [5.74, 6) is -0.0714. The van der Waals surface area contributed by atoms with Crippen LogP contribution < -0.4 is 0 Å². The Kier molecular flexibility index (Phi) is 2.52. The highest BCUT2D eigenvalue weighted by Crippen LogP contribution is 2.43. The molecule has 3 nitrogen and oxygen atoms in total. The molecular weight excluding hydrogens is 262 g/mol. The molecule has 2 aliphatic rings. The normalized spacial score (nSPS) is 23.4. The van der Waals surface area contributed by atoms with Crippen LogP contribution in [0.1, 0.15) is 44.8 Å². The molecule has 0 radical (unpaired) electrons. The van der Waals surface area contributed by atoms with E-state index < -0.39 is 0 Å². The number of benzene rings is 2. The Morgan fingerprint density at radius 3 is 2.14 bits per heavy atom. The third-order valence-corrected chi connectivity index (χ3v) is 4.56. The zero-order valence-corrected chi connectivity index (χ0v) is 11.7. The summed E-state index contributed by atoms with van der Waals surface area (Å²) >= 11 is 0. The molecule has 1 heterocycles. The van der Waals surface area contributed by atoms with Crippen molar-refractivity contribution in [2.24, 2.45) is 5.92 Å². The second-order valence-electron chi connectivity index (χ2n) is 5.85. The van der Waals surface area contributed by atoms with E-state index in [0.717, 1.165) is 12.0 Å². The van der Waals surface area contributed by atoms with Gasteiger partial charge in [-0.2, -0.15) is 0 Å². The summed E-state index contributed by atoms with van der Waals surface area (Å²) in [5, 5.41) is 0. The highest BCUT2D eigenvalue weighted by molar-refractivity contribution is 6.21. The Balaban J connectivity index is 1.83. The molecule has 0 spiro atoms. The zero-order valence-electron chi connectivity index (χ0n) is 11.7. The van der Waals surface area contributed by atoms with Crippen molar-refractivity contribution in [1.29, 1.82) is 0 Å². The van der Waals surface area contributed by atoms with Gasteiger partial charge in [0.05, 0.1) is 17.2 Å². The lowest BCUT2D eigenvalue weighted by atomic mass is 10.0. The average Bonchev–Trinajstić information content (AvgIpc) is 2.95. The molecule has 1 unspecified atom stereocenters. The predicted molar refractivity (Wildman–Crippen MR) is 79.0 cm³/mol. The number of hydrogen-bond donors (Lipinski definition) is 0. The summed E-state index contributed by atoms with van der Waals surface area (Å²) in [4.78, 5) is 26.8. The van der Waals surface area contributed by atoms with Gasteiger partial charge in [0.15, 0.2) is 0 Å². The van der Waals surface area contributed by atoms with E-state index in [-0.39, 0.29) is 23.8 Å². The van der Waals surface area contributed by atoms with Crippen LogP contribution >= 0.6 is 0 Å². The number of carbonyl (C=O) groups excluding carboxylic acids is 2. The van der Waals surface area contributed by atoms with E-state index >= 15 is 0 Å². The molecule has 0 N–H and O–H groups in total. The molecule has 1 aliphatic heterocycles. The second kappa shape index (κ2) is 4.29. The first-order valence-corrected chi connectivity index (χ1v) is 7.23. The summed E-state index contributed by atoms with van der Waals surface area (Å²) < 4.78 is 0. The smallest absolute Gasteiger partial charge is 0.262 e. The van der Waals surface area contributed by atoms with Crippen molar-refractivity contribution in [2.75, 3.05) is 0 Å². The van der Waals surface area contributed by atoms with Gasteiger partial charge in [-0.25, -0.2) is 0 Å². The summed E-state index contributed by atoms with van der Waals surface area (Å²) in [7, 11) is 0. The van der Waals surface area contributed by atoms with Crippen LogP contribution in [0.5, 0.6) is 0 Å². The number of hydrogen-bond acceptors (Lipinski definition) is 2. The molecule has 0 aromatic heterocycles. The highest BCUT2D eigenvalue weighted by Gasteiger charge is 2.44. The minimum absolute atomic E-state index is 0.145. The number of amides is 2.